The number of ether oxygens (including phenoxy) is 1. The molecule has 2 aliphatic rings. The number of carbonyl (C=O) groups excluding carboxylic acids is 1. The number of methoxy groups -OCH3 is 1. The van der Waals surface area contributed by atoms with Gasteiger partial charge in [0.05, 0.1) is 23.3 Å². The van der Waals surface area contributed by atoms with Gasteiger partial charge in [0, 0.05) is 36.4 Å². The second-order valence-electron chi connectivity index (χ2n) is 9.67. The molecular weight excluding hydrogens is 581 g/mol. The summed E-state index contributed by atoms with van der Waals surface area (Å²) in [6, 6.07) is 0. The average Bonchev–Trinajstić information content (AvgIpc) is 3.50. The summed E-state index contributed by atoms with van der Waals surface area (Å²) >= 11 is 15.5. The quantitative estimate of drug-likeness (QED) is 0.312. The Morgan fingerprint density at radius 1 is 0.949 bits per heavy atom. The number of carboxylic acid groups (broad SMARTS) is 1. The van der Waals surface area contributed by atoms with Crippen molar-refractivity contribution in [2.24, 2.45) is 11.8 Å². The Balaban J connectivity index is 0.000000163. The number of thiophene rings is 2. The molecule has 1 amide bonds. The van der Waals surface area contributed by atoms with Crippen molar-refractivity contribution in [3.8, 4) is 0 Å². The lowest BCUT2D eigenvalue weighted by Crippen LogP contribution is -2.37. The average molecular weight is 609 g/mol. The highest BCUT2D eigenvalue weighted by Crippen LogP contribution is 2.40. The molecule has 206 valence electrons. The Morgan fingerprint density at radius 2 is 1.46 bits per heavy atom. The number of likely N-dealkylation sites (N-methyl/N-ethyl adjacent to an activating group) is 1. The summed E-state index contributed by atoms with van der Waals surface area (Å²) in [4.78, 5) is 45.9. The van der Waals surface area contributed by atoms with Gasteiger partial charge < -0.3 is 14.7 Å². The molecule has 0 aliphatic heterocycles. The molecule has 4 aromatic rings. The van der Waals surface area contributed by atoms with E-state index < -0.39 is 5.97 Å². The smallest absolute Gasteiger partial charge is 0.306 e. The van der Waals surface area contributed by atoms with Crippen molar-refractivity contribution in [2.75, 3.05) is 27.3 Å². The first-order valence-corrected chi connectivity index (χ1v) is 15.0. The zero-order chi connectivity index (χ0) is 27.7. The van der Waals surface area contributed by atoms with Gasteiger partial charge in [0.25, 0.3) is 0 Å². The fraction of sp³-hybridized carbons (Fsp3) is 0.462. The summed E-state index contributed by atoms with van der Waals surface area (Å²) in [7, 11) is 3.48. The van der Waals surface area contributed by atoms with Gasteiger partial charge in [-0.2, -0.15) is 0 Å². The van der Waals surface area contributed by atoms with Crippen LogP contribution >= 0.6 is 45.9 Å². The fourth-order valence-electron chi connectivity index (χ4n) is 5.22. The number of hydrogen-bond donors (Lipinski definition) is 1. The molecule has 6 rings (SSSR count). The second kappa shape index (κ2) is 12.0. The third-order valence-corrected chi connectivity index (χ3v) is 10.2. The zero-order valence-electron chi connectivity index (χ0n) is 21.4. The molecule has 0 saturated carbocycles. The van der Waals surface area contributed by atoms with E-state index in [-0.39, 0.29) is 17.7 Å². The summed E-state index contributed by atoms with van der Waals surface area (Å²) in [5, 5.41) is 11.9. The number of rotatable bonds is 5. The van der Waals surface area contributed by atoms with E-state index >= 15 is 0 Å². The van der Waals surface area contributed by atoms with Gasteiger partial charge in [-0.25, -0.2) is 19.9 Å². The van der Waals surface area contributed by atoms with Crippen LogP contribution in [-0.2, 0) is 40.0 Å². The molecule has 13 heteroatoms. The van der Waals surface area contributed by atoms with Crippen molar-refractivity contribution < 1.29 is 19.4 Å². The molecule has 1 N–H and O–H groups in total. The third-order valence-electron chi connectivity index (χ3n) is 7.30. The number of aromatic nitrogens is 4. The van der Waals surface area contributed by atoms with Gasteiger partial charge in [-0.05, 0) is 49.7 Å². The number of carboxylic acids is 1. The van der Waals surface area contributed by atoms with E-state index in [4.69, 9.17) is 33.0 Å². The fourth-order valence-corrected chi connectivity index (χ4v) is 8.36. The van der Waals surface area contributed by atoms with Gasteiger partial charge in [0.2, 0.25) is 5.91 Å². The number of nitrogens with zero attached hydrogens (tertiary/aromatic N) is 5. The lowest BCUT2D eigenvalue weighted by Gasteiger charge is -2.26. The van der Waals surface area contributed by atoms with Crippen molar-refractivity contribution in [1.29, 1.82) is 0 Å². The molecule has 9 nitrogen and oxygen atoms in total. The number of fused-ring (bicyclic) bond motifs is 6. The van der Waals surface area contributed by atoms with Crippen LogP contribution in [0.4, 0.5) is 0 Å². The minimum absolute atomic E-state index is 0.0363. The predicted molar refractivity (Wildman–Crippen MR) is 153 cm³/mol. The van der Waals surface area contributed by atoms with Crippen LogP contribution in [0, 0.1) is 11.8 Å². The topological polar surface area (TPSA) is 118 Å². The first-order valence-electron chi connectivity index (χ1n) is 12.6. The van der Waals surface area contributed by atoms with Crippen molar-refractivity contribution in [1.82, 2.24) is 24.8 Å². The van der Waals surface area contributed by atoms with Gasteiger partial charge in [0.15, 0.2) is 0 Å². The van der Waals surface area contributed by atoms with Gasteiger partial charge >= 0.3 is 5.97 Å². The number of hydrogen-bond acceptors (Lipinski definition) is 9. The van der Waals surface area contributed by atoms with Crippen LogP contribution in [0.5, 0.6) is 0 Å². The number of carbonyl (C=O) groups is 2. The summed E-state index contributed by atoms with van der Waals surface area (Å²) in [5.74, 6) is -0.765. The van der Waals surface area contributed by atoms with Gasteiger partial charge in [-0.15, -0.1) is 22.7 Å². The van der Waals surface area contributed by atoms with Crippen LogP contribution < -0.4 is 0 Å². The highest BCUT2D eigenvalue weighted by molar-refractivity contribution is 7.19. The number of aliphatic carboxylic acids is 1. The summed E-state index contributed by atoms with van der Waals surface area (Å²) < 4.78 is 5.04. The van der Waals surface area contributed by atoms with Crippen LogP contribution in [0.2, 0.25) is 10.3 Å². The molecule has 0 saturated heterocycles. The maximum Gasteiger partial charge on any atom is 0.306 e. The van der Waals surface area contributed by atoms with E-state index in [0.717, 1.165) is 56.6 Å². The van der Waals surface area contributed by atoms with Gasteiger partial charge in [-0.3, -0.25) is 9.59 Å². The molecule has 0 unspecified atom stereocenters. The second-order valence-corrected chi connectivity index (χ2v) is 12.6. The monoisotopic (exact) mass is 607 g/mol. The van der Waals surface area contributed by atoms with E-state index in [9.17, 15) is 9.59 Å². The Bertz CT molecular complexity index is 1540. The third kappa shape index (κ3) is 5.74. The summed E-state index contributed by atoms with van der Waals surface area (Å²) in [6.07, 6.45) is 7.41. The lowest BCUT2D eigenvalue weighted by molar-refractivity contribution is -0.142. The Hall–Kier alpha value is -2.44. The molecule has 4 aromatic heterocycles. The van der Waals surface area contributed by atoms with Crippen LogP contribution in [0.1, 0.15) is 33.7 Å². The lowest BCUT2D eigenvalue weighted by atomic mass is 9.87. The Kier molecular flexibility index (Phi) is 8.63. The van der Waals surface area contributed by atoms with Crippen molar-refractivity contribution in [2.45, 2.75) is 38.5 Å². The Morgan fingerprint density at radius 3 is 1.97 bits per heavy atom. The van der Waals surface area contributed by atoms with Crippen LogP contribution in [0.15, 0.2) is 12.7 Å². The predicted octanol–water partition coefficient (Wildman–Crippen LogP) is 5.09. The molecule has 0 fully saturated rings. The molecule has 4 heterocycles. The van der Waals surface area contributed by atoms with Crippen LogP contribution in [0.3, 0.4) is 0 Å². The molecular formula is C26H27Cl2N5O4S2. The molecule has 39 heavy (non-hydrogen) atoms. The van der Waals surface area contributed by atoms with Crippen LogP contribution in [-0.4, -0.2) is 69.1 Å². The van der Waals surface area contributed by atoms with E-state index in [0.29, 0.717) is 36.3 Å². The number of amides is 1. The van der Waals surface area contributed by atoms with Crippen molar-refractivity contribution in [3.63, 3.8) is 0 Å². The molecule has 0 spiro atoms. The standard InChI is InChI=1S/C15H18ClN3O2S.C11H9ClN2O2S/c1-19(5-6-21-2)15(20)9-3-4-10-11(7-9)22-14-12(10)13(16)17-8-18-14;12-9-8-6-2-1-5(11(15)16)3-7(6)17-10(8)14-4-13-9/h8-9H,3-7H2,1-2H3;4-5H,1-3H2,(H,15,16)/t9-;5-/m00/s1. The summed E-state index contributed by atoms with van der Waals surface area (Å²) in [6.45, 7) is 1.19. The minimum atomic E-state index is -0.717. The first-order chi connectivity index (χ1) is 18.8. The number of aryl methyl sites for hydroxylation is 2. The van der Waals surface area contributed by atoms with E-state index in [1.165, 1.54) is 34.4 Å². The highest BCUT2D eigenvalue weighted by atomic mass is 35.5. The maximum atomic E-state index is 12.5. The highest BCUT2D eigenvalue weighted by Gasteiger charge is 2.31. The largest absolute Gasteiger partial charge is 0.481 e. The van der Waals surface area contributed by atoms with E-state index in [1.807, 2.05) is 7.05 Å². The Labute approximate surface area is 243 Å². The molecule has 0 aromatic carbocycles. The molecule has 2 aliphatic carbocycles. The summed E-state index contributed by atoms with van der Waals surface area (Å²) in [5.41, 5.74) is 2.38. The first kappa shape index (κ1) is 28.1. The molecule has 0 bridgehead atoms. The van der Waals surface area contributed by atoms with Crippen molar-refractivity contribution in [3.05, 3.63) is 43.8 Å². The maximum absolute atomic E-state index is 12.5. The van der Waals surface area contributed by atoms with Gasteiger partial charge in [0.1, 0.15) is 32.6 Å². The van der Waals surface area contributed by atoms with Crippen molar-refractivity contribution >= 4 is 78.2 Å². The number of halogens is 2. The SMILES string of the molecule is COCCN(C)C(=O)[C@H]1CCc2c(sc3ncnc(Cl)c23)C1.O=C(O)[C@H]1CCc2c(sc3ncnc(Cl)c23)C1. The van der Waals surface area contributed by atoms with E-state index in [1.54, 1.807) is 23.3 Å². The minimum Gasteiger partial charge on any atom is -0.481 e. The molecule has 0 radical (unpaired) electrons. The van der Waals surface area contributed by atoms with E-state index in [2.05, 4.69) is 19.9 Å². The van der Waals surface area contributed by atoms with Gasteiger partial charge in [-0.1, -0.05) is 23.2 Å². The normalized spacial score (nSPS) is 18.3. The molecule has 2 atom stereocenters. The zero-order valence-corrected chi connectivity index (χ0v) is 24.6. The van der Waals surface area contributed by atoms with Crippen LogP contribution in [0.25, 0.3) is 20.4 Å².